The first-order valence-electron chi connectivity index (χ1n) is 3.88. The molecule has 71 valence electrons. The summed E-state index contributed by atoms with van der Waals surface area (Å²) in [5, 5.41) is 0. The van der Waals surface area contributed by atoms with E-state index in [0.717, 1.165) is 4.90 Å². The van der Waals surface area contributed by atoms with Gasteiger partial charge in [0.1, 0.15) is 0 Å². The van der Waals surface area contributed by atoms with E-state index in [1.165, 1.54) is 0 Å². The number of hydrogen-bond acceptors (Lipinski definition) is 2. The highest BCUT2D eigenvalue weighted by Gasteiger charge is 2.19. The summed E-state index contributed by atoms with van der Waals surface area (Å²) >= 11 is 0. The topological polar surface area (TPSA) is 37.4 Å². The normalized spacial score (nSPS) is 9.15. The number of hydrogen-bond donors (Lipinski definition) is 0. The van der Waals surface area contributed by atoms with Crippen LogP contribution in [0.15, 0.2) is 24.3 Å². The maximum absolute atomic E-state index is 11.3. The Morgan fingerprint density at radius 3 is 1.54 bits per heavy atom. The van der Waals surface area contributed by atoms with Crippen LogP contribution in [0.1, 0.15) is 13.8 Å². The summed E-state index contributed by atoms with van der Waals surface area (Å²) < 4.78 is 0. The van der Waals surface area contributed by atoms with Gasteiger partial charge in [-0.2, -0.15) is 0 Å². The van der Waals surface area contributed by atoms with Gasteiger partial charge in [-0.1, -0.05) is 13.2 Å². The van der Waals surface area contributed by atoms with Gasteiger partial charge in [-0.05, 0) is 20.8 Å². The molecule has 0 unspecified atom stereocenters. The van der Waals surface area contributed by atoms with Crippen molar-refractivity contribution in [2.75, 3.05) is 6.54 Å². The van der Waals surface area contributed by atoms with Crippen LogP contribution in [0, 0.1) is 6.92 Å². The molecule has 0 rings (SSSR count). The van der Waals surface area contributed by atoms with Gasteiger partial charge in [0.05, 0.1) is 0 Å². The molecular formula is C10H14NO2. The quantitative estimate of drug-likeness (QED) is 0.614. The van der Waals surface area contributed by atoms with Gasteiger partial charge in [-0.15, -0.1) is 0 Å². The first-order chi connectivity index (χ1) is 5.91. The summed E-state index contributed by atoms with van der Waals surface area (Å²) in [5.41, 5.74) is 0.636. The van der Waals surface area contributed by atoms with E-state index >= 15 is 0 Å². The minimum Gasteiger partial charge on any atom is -0.275 e. The molecule has 0 aromatic rings. The molecule has 0 fully saturated rings. The smallest absolute Gasteiger partial charge is 0.255 e. The van der Waals surface area contributed by atoms with E-state index in [4.69, 9.17) is 0 Å². The van der Waals surface area contributed by atoms with Crippen LogP contribution in [-0.2, 0) is 9.59 Å². The van der Waals surface area contributed by atoms with Crippen molar-refractivity contribution in [1.82, 2.24) is 4.90 Å². The molecule has 0 aliphatic rings. The van der Waals surface area contributed by atoms with Crippen molar-refractivity contribution >= 4 is 11.8 Å². The van der Waals surface area contributed by atoms with Gasteiger partial charge in [-0.3, -0.25) is 14.5 Å². The molecule has 13 heavy (non-hydrogen) atoms. The average Bonchev–Trinajstić information content (AvgIpc) is 2.04. The summed E-state index contributed by atoms with van der Waals surface area (Å²) in [4.78, 5) is 23.7. The molecule has 0 aliphatic carbocycles. The number of nitrogens with zero attached hydrogens (tertiary/aromatic N) is 1. The largest absolute Gasteiger partial charge is 0.275 e. The standard InChI is InChI=1S/C10H14NO2/c1-6-11(9(12)7(2)3)10(13)8(4)5/h1-2,4,6H2,3,5H3. The molecule has 0 spiro atoms. The van der Waals surface area contributed by atoms with Crippen LogP contribution < -0.4 is 0 Å². The van der Waals surface area contributed by atoms with E-state index in [-0.39, 0.29) is 6.54 Å². The van der Waals surface area contributed by atoms with E-state index in [1.54, 1.807) is 13.8 Å². The minimum atomic E-state index is -0.400. The lowest BCUT2D eigenvalue weighted by Crippen LogP contribution is -2.37. The second-order valence-corrected chi connectivity index (χ2v) is 2.82. The molecule has 1 radical (unpaired) electrons. The zero-order valence-electron chi connectivity index (χ0n) is 8.09. The van der Waals surface area contributed by atoms with Gasteiger partial charge < -0.3 is 0 Å². The summed E-state index contributed by atoms with van der Waals surface area (Å²) in [6, 6.07) is 0. The third kappa shape index (κ3) is 2.86. The Morgan fingerprint density at radius 2 is 1.38 bits per heavy atom. The van der Waals surface area contributed by atoms with Crippen LogP contribution in [0.3, 0.4) is 0 Å². The van der Waals surface area contributed by atoms with E-state index < -0.39 is 11.8 Å². The van der Waals surface area contributed by atoms with Crippen LogP contribution in [0.2, 0.25) is 0 Å². The average molecular weight is 180 g/mol. The van der Waals surface area contributed by atoms with Crippen molar-refractivity contribution < 1.29 is 9.59 Å². The second-order valence-electron chi connectivity index (χ2n) is 2.82. The molecule has 3 heteroatoms. The Morgan fingerprint density at radius 1 is 1.08 bits per heavy atom. The predicted molar refractivity (Wildman–Crippen MR) is 51.7 cm³/mol. The molecule has 0 aromatic carbocycles. The van der Waals surface area contributed by atoms with Gasteiger partial charge in [0.25, 0.3) is 11.8 Å². The van der Waals surface area contributed by atoms with Crippen LogP contribution in [0.5, 0.6) is 0 Å². The minimum absolute atomic E-state index is 0.0946. The molecule has 0 saturated carbocycles. The molecular weight excluding hydrogens is 166 g/mol. The number of imide groups is 1. The fourth-order valence-electron chi connectivity index (χ4n) is 0.756. The van der Waals surface area contributed by atoms with E-state index in [9.17, 15) is 9.59 Å². The van der Waals surface area contributed by atoms with Crippen LogP contribution in [0.4, 0.5) is 0 Å². The lowest BCUT2D eigenvalue weighted by molar-refractivity contribution is -0.139. The van der Waals surface area contributed by atoms with E-state index in [2.05, 4.69) is 20.1 Å². The van der Waals surface area contributed by atoms with E-state index in [0.29, 0.717) is 11.1 Å². The Kier molecular flexibility index (Phi) is 4.11. The molecule has 3 nitrogen and oxygen atoms in total. The lowest BCUT2D eigenvalue weighted by atomic mass is 10.2. The zero-order chi connectivity index (χ0) is 10.6. The molecule has 0 aromatic heterocycles. The monoisotopic (exact) mass is 180 g/mol. The first kappa shape index (κ1) is 11.6. The molecule has 0 bridgehead atoms. The fourth-order valence-corrected chi connectivity index (χ4v) is 0.756. The van der Waals surface area contributed by atoms with Crippen molar-refractivity contribution in [2.45, 2.75) is 13.8 Å². The summed E-state index contributed by atoms with van der Waals surface area (Å²) in [7, 11) is 0. The number of amides is 2. The molecule has 0 aliphatic heterocycles. The maximum atomic E-state index is 11.3. The molecule has 0 heterocycles. The summed E-state index contributed by atoms with van der Waals surface area (Å²) in [5.74, 6) is -0.800. The zero-order valence-corrected chi connectivity index (χ0v) is 8.09. The number of carbonyl (C=O) groups is 2. The third-order valence-corrected chi connectivity index (χ3v) is 1.44. The second kappa shape index (κ2) is 4.60. The Labute approximate surface area is 78.7 Å². The van der Waals surface area contributed by atoms with Gasteiger partial charge in [0.15, 0.2) is 0 Å². The van der Waals surface area contributed by atoms with Crippen molar-refractivity contribution in [3.8, 4) is 0 Å². The highest BCUT2D eigenvalue weighted by Crippen LogP contribution is 2.03. The molecule has 0 atom stereocenters. The molecule has 0 saturated heterocycles. The summed E-state index contributed by atoms with van der Waals surface area (Å²) in [6.07, 6.45) is 0. The van der Waals surface area contributed by atoms with Gasteiger partial charge in [0.2, 0.25) is 0 Å². The fraction of sp³-hybridized carbons (Fsp3) is 0.300. The first-order valence-corrected chi connectivity index (χ1v) is 3.88. The van der Waals surface area contributed by atoms with Crippen LogP contribution >= 0.6 is 0 Å². The number of rotatable bonds is 3. The van der Waals surface area contributed by atoms with E-state index in [1.807, 2.05) is 0 Å². The van der Waals surface area contributed by atoms with Crippen molar-refractivity contribution in [3.63, 3.8) is 0 Å². The van der Waals surface area contributed by atoms with Gasteiger partial charge in [0, 0.05) is 17.7 Å². The maximum Gasteiger partial charge on any atom is 0.255 e. The number of carbonyl (C=O) groups excluding carboxylic acids is 2. The van der Waals surface area contributed by atoms with Crippen molar-refractivity contribution in [3.05, 3.63) is 31.2 Å². The Balaban J connectivity index is 4.71. The highest BCUT2D eigenvalue weighted by atomic mass is 16.2. The van der Waals surface area contributed by atoms with Gasteiger partial charge in [-0.25, -0.2) is 0 Å². The summed E-state index contributed by atoms with van der Waals surface area (Å²) in [6.45, 7) is 13.6. The van der Waals surface area contributed by atoms with Crippen molar-refractivity contribution in [2.24, 2.45) is 0 Å². The van der Waals surface area contributed by atoms with Gasteiger partial charge >= 0.3 is 0 Å². The van der Waals surface area contributed by atoms with Crippen LogP contribution in [0.25, 0.3) is 0 Å². The highest BCUT2D eigenvalue weighted by molar-refractivity contribution is 6.08. The SMILES string of the molecule is [CH2]CN(C(=O)C(=C)C)C(=O)C(=C)C. The third-order valence-electron chi connectivity index (χ3n) is 1.44. The van der Waals surface area contributed by atoms with Crippen molar-refractivity contribution in [1.29, 1.82) is 0 Å². The molecule has 0 N–H and O–H groups in total. The Bertz CT molecular complexity index is 240. The van der Waals surface area contributed by atoms with Crippen LogP contribution in [-0.4, -0.2) is 23.3 Å². The lowest BCUT2D eigenvalue weighted by Gasteiger charge is -2.18. The predicted octanol–water partition coefficient (Wildman–Crippen LogP) is 1.33. The molecule has 2 amide bonds. The Hall–Kier alpha value is -1.38.